The van der Waals surface area contributed by atoms with Crippen LogP contribution >= 0.6 is 23.2 Å². The van der Waals surface area contributed by atoms with Crippen LogP contribution < -0.4 is 0 Å². The molecule has 1 amide bonds. The van der Waals surface area contributed by atoms with E-state index in [1.807, 2.05) is 6.07 Å². The molecule has 7 nitrogen and oxygen atoms in total. The minimum absolute atomic E-state index is 0.0372. The fraction of sp³-hybridized carbons (Fsp3) is 0.367. The first-order valence-corrected chi connectivity index (χ1v) is 13.8. The zero-order valence-corrected chi connectivity index (χ0v) is 23.5. The Morgan fingerprint density at radius 2 is 1.98 bits per heavy atom. The molecular formula is C30H29Cl2FN2O5. The van der Waals surface area contributed by atoms with Gasteiger partial charge in [0.25, 0.3) is 5.91 Å². The number of esters is 1. The maximum Gasteiger partial charge on any atom is 0.339 e. The summed E-state index contributed by atoms with van der Waals surface area (Å²) in [6.07, 6.45) is 2.46. The molecule has 0 spiro atoms. The van der Waals surface area contributed by atoms with E-state index in [0.717, 1.165) is 12.8 Å². The highest BCUT2D eigenvalue weighted by Gasteiger charge is 2.55. The van der Waals surface area contributed by atoms with E-state index in [0.29, 0.717) is 21.8 Å². The third-order valence-electron chi connectivity index (χ3n) is 7.60. The lowest BCUT2D eigenvalue weighted by atomic mass is 9.85. The highest BCUT2D eigenvalue weighted by molar-refractivity contribution is 6.31. The predicted octanol–water partition coefficient (Wildman–Crippen LogP) is 5.73. The van der Waals surface area contributed by atoms with Gasteiger partial charge in [-0.25, -0.2) is 9.18 Å². The van der Waals surface area contributed by atoms with Crippen molar-refractivity contribution in [2.24, 2.45) is 5.92 Å². The molecule has 1 saturated heterocycles. The maximum absolute atomic E-state index is 14.8. The number of carbonyl (C=O) groups excluding carboxylic acids is 2. The summed E-state index contributed by atoms with van der Waals surface area (Å²) in [5.74, 6) is -1.38. The van der Waals surface area contributed by atoms with E-state index in [1.165, 1.54) is 25.4 Å². The normalized spacial score (nSPS) is 23.6. The van der Waals surface area contributed by atoms with E-state index < -0.39 is 35.6 Å². The van der Waals surface area contributed by atoms with Gasteiger partial charge in [0.1, 0.15) is 11.9 Å². The minimum Gasteiger partial charge on any atom is -0.465 e. The molecular weight excluding hydrogens is 558 g/mol. The molecule has 4 atom stereocenters. The number of nitrogens with zero attached hydrogens (tertiary/aromatic N) is 2. The molecule has 1 aromatic heterocycles. The Labute approximate surface area is 241 Å². The molecule has 10 heteroatoms. The van der Waals surface area contributed by atoms with Crippen LogP contribution in [-0.4, -0.2) is 52.2 Å². The zero-order valence-electron chi connectivity index (χ0n) is 22.0. The van der Waals surface area contributed by atoms with Gasteiger partial charge in [-0.1, -0.05) is 41.4 Å². The van der Waals surface area contributed by atoms with E-state index in [9.17, 15) is 19.1 Å². The Balaban J connectivity index is 1.62. The lowest BCUT2D eigenvalue weighted by molar-refractivity contribution is -0.205. The highest BCUT2D eigenvalue weighted by atomic mass is 35.5. The first-order valence-electron chi connectivity index (χ1n) is 13.0. The fourth-order valence-corrected chi connectivity index (χ4v) is 5.75. The van der Waals surface area contributed by atoms with Crippen LogP contribution in [0.2, 0.25) is 10.0 Å². The van der Waals surface area contributed by atoms with Crippen molar-refractivity contribution in [3.05, 3.63) is 99.0 Å². The topological polar surface area (TPSA) is 89.0 Å². The first kappa shape index (κ1) is 28.5. The average Bonchev–Trinajstić information content (AvgIpc) is 3.78. The highest BCUT2D eigenvalue weighted by Crippen LogP contribution is 2.50. The van der Waals surface area contributed by atoms with Crippen molar-refractivity contribution in [2.45, 2.75) is 50.0 Å². The molecule has 1 saturated carbocycles. The second-order valence-corrected chi connectivity index (χ2v) is 11.3. The Morgan fingerprint density at radius 3 is 2.58 bits per heavy atom. The van der Waals surface area contributed by atoms with Crippen molar-refractivity contribution in [1.29, 1.82) is 0 Å². The van der Waals surface area contributed by atoms with Gasteiger partial charge < -0.3 is 19.5 Å². The van der Waals surface area contributed by atoms with Crippen molar-refractivity contribution >= 4 is 35.1 Å². The number of benzene rings is 2. The molecule has 40 heavy (non-hydrogen) atoms. The lowest BCUT2D eigenvalue weighted by Crippen LogP contribution is -2.62. The van der Waals surface area contributed by atoms with Crippen molar-refractivity contribution in [1.82, 2.24) is 9.88 Å². The third-order valence-corrected chi connectivity index (χ3v) is 8.14. The Kier molecular flexibility index (Phi) is 8.15. The van der Waals surface area contributed by atoms with E-state index in [2.05, 4.69) is 4.98 Å². The quantitative estimate of drug-likeness (QED) is 0.339. The summed E-state index contributed by atoms with van der Waals surface area (Å²) >= 11 is 12.4. The number of methoxy groups -OCH3 is 1. The number of aliphatic hydroxyl groups is 1. The molecule has 0 bridgehead atoms. The molecule has 4 unspecified atom stereocenters. The number of ether oxygens (including phenoxy) is 2. The molecule has 2 aliphatic rings. The number of carbonyl (C=O) groups is 2. The summed E-state index contributed by atoms with van der Waals surface area (Å²) in [4.78, 5) is 32.4. The molecule has 0 radical (unpaired) electrons. The van der Waals surface area contributed by atoms with Crippen LogP contribution in [-0.2, 0) is 20.7 Å². The van der Waals surface area contributed by atoms with Gasteiger partial charge in [-0.3, -0.25) is 9.78 Å². The summed E-state index contributed by atoms with van der Waals surface area (Å²) in [5, 5.41) is 11.0. The van der Waals surface area contributed by atoms with Crippen LogP contribution in [0, 0.1) is 11.7 Å². The van der Waals surface area contributed by atoms with Crippen LogP contribution in [0.5, 0.6) is 0 Å². The maximum atomic E-state index is 14.8. The molecule has 3 aromatic rings. The van der Waals surface area contributed by atoms with E-state index in [4.69, 9.17) is 32.7 Å². The molecule has 1 aliphatic carbocycles. The summed E-state index contributed by atoms with van der Waals surface area (Å²) in [6, 6.07) is 13.5. The van der Waals surface area contributed by atoms with Crippen LogP contribution in [0.4, 0.5) is 4.39 Å². The molecule has 1 aliphatic heterocycles. The SMILES string of the molecule is COC(=O)c1ccc(CC2(C)OC(c3cccc(Cl)c3)C(c3ccc(Cl)c(F)c3)N(C(CO)C3CC3)C2=O)nc1. The summed E-state index contributed by atoms with van der Waals surface area (Å²) in [5.41, 5.74) is 0.581. The molecule has 210 valence electrons. The third kappa shape index (κ3) is 5.59. The number of halogens is 3. The standard InChI is InChI=1S/C30H29Cl2FN2O5/c1-30(14-22-10-8-20(15-34-22)28(37)39-2)29(38)35(25(16-36)17-6-7-17)26(18-9-11-23(32)24(33)13-18)27(40-30)19-4-3-5-21(31)12-19/h3-5,8-13,15,17,25-27,36H,6-7,14,16H2,1-2H3. The van der Waals surface area contributed by atoms with E-state index in [1.54, 1.807) is 48.2 Å². The largest absolute Gasteiger partial charge is 0.465 e. The fourth-order valence-electron chi connectivity index (χ4n) is 5.44. The lowest BCUT2D eigenvalue weighted by Gasteiger charge is -2.51. The van der Waals surface area contributed by atoms with E-state index in [-0.39, 0.29) is 35.4 Å². The summed E-state index contributed by atoms with van der Waals surface area (Å²) in [7, 11) is 1.29. The van der Waals surface area contributed by atoms with Crippen LogP contribution in [0.1, 0.15) is 59.1 Å². The Hall–Kier alpha value is -3.04. The average molecular weight is 587 g/mol. The number of hydrogen-bond donors (Lipinski definition) is 1. The number of morpholine rings is 1. The van der Waals surface area contributed by atoms with Crippen molar-refractivity contribution in [2.75, 3.05) is 13.7 Å². The molecule has 2 heterocycles. The predicted molar refractivity (Wildman–Crippen MR) is 148 cm³/mol. The molecule has 5 rings (SSSR count). The molecule has 2 aromatic carbocycles. The van der Waals surface area contributed by atoms with Crippen LogP contribution in [0.25, 0.3) is 0 Å². The minimum atomic E-state index is -1.41. The van der Waals surface area contributed by atoms with Gasteiger partial charge in [0, 0.05) is 23.3 Å². The Morgan fingerprint density at radius 1 is 1.20 bits per heavy atom. The van der Waals surface area contributed by atoms with Gasteiger partial charge in [-0.2, -0.15) is 0 Å². The smallest absolute Gasteiger partial charge is 0.339 e. The van der Waals surface area contributed by atoms with Crippen molar-refractivity contribution in [3.63, 3.8) is 0 Å². The number of aromatic nitrogens is 1. The monoisotopic (exact) mass is 586 g/mol. The second-order valence-electron chi connectivity index (χ2n) is 10.4. The van der Waals surface area contributed by atoms with E-state index >= 15 is 0 Å². The van der Waals surface area contributed by atoms with Gasteiger partial charge in [0.2, 0.25) is 0 Å². The van der Waals surface area contributed by atoms with Gasteiger partial charge in [-0.15, -0.1) is 0 Å². The van der Waals surface area contributed by atoms with Crippen LogP contribution in [0.15, 0.2) is 60.8 Å². The first-order chi connectivity index (χ1) is 19.1. The van der Waals surface area contributed by atoms with Gasteiger partial charge in [-0.05, 0) is 73.2 Å². The summed E-state index contributed by atoms with van der Waals surface area (Å²) in [6.45, 7) is 1.43. The van der Waals surface area contributed by atoms with Gasteiger partial charge in [0.15, 0.2) is 5.60 Å². The summed E-state index contributed by atoms with van der Waals surface area (Å²) < 4.78 is 26.2. The second kappa shape index (κ2) is 11.4. The molecule has 1 N–H and O–H groups in total. The number of pyridine rings is 1. The molecule has 2 fully saturated rings. The van der Waals surface area contributed by atoms with Crippen molar-refractivity contribution in [3.8, 4) is 0 Å². The van der Waals surface area contributed by atoms with Gasteiger partial charge >= 0.3 is 5.97 Å². The van der Waals surface area contributed by atoms with Crippen LogP contribution in [0.3, 0.4) is 0 Å². The van der Waals surface area contributed by atoms with Gasteiger partial charge in [0.05, 0.1) is 36.4 Å². The number of amides is 1. The Bertz CT molecular complexity index is 1420. The number of hydrogen-bond acceptors (Lipinski definition) is 6. The number of rotatable bonds is 8. The number of aliphatic hydroxyl groups excluding tert-OH is 1. The van der Waals surface area contributed by atoms with Crippen molar-refractivity contribution < 1.29 is 28.6 Å². The zero-order chi connectivity index (χ0) is 28.6.